The van der Waals surface area contributed by atoms with Gasteiger partial charge in [-0.2, -0.15) is 0 Å². The molecule has 0 nitrogen and oxygen atoms in total. The quantitative estimate of drug-likeness (QED) is 0.631. The van der Waals surface area contributed by atoms with Gasteiger partial charge in [0.2, 0.25) is 0 Å². The fraction of sp³-hybridized carbons (Fsp3) is 0. The molecule has 0 rings (SSSR count). The summed E-state index contributed by atoms with van der Waals surface area (Å²) in [5.41, 5.74) is 0. The summed E-state index contributed by atoms with van der Waals surface area (Å²) in [5, 5.41) is 0. The van der Waals surface area contributed by atoms with Crippen molar-refractivity contribution >= 4 is 57.5 Å². The molecule has 7 heavy (non-hydrogen) atoms. The Kier molecular flexibility index (Phi) is 2.03. The normalized spacial score (nSPS) is 23.1. The van der Waals surface area contributed by atoms with E-state index in [-0.39, 0.29) is 0 Å². The van der Waals surface area contributed by atoms with E-state index in [0.717, 1.165) is 0 Å². The fourth-order valence-corrected chi connectivity index (χ4v) is 0. The first-order valence-corrected chi connectivity index (χ1v) is 15.2. The van der Waals surface area contributed by atoms with Crippen LogP contribution in [0.25, 0.3) is 0 Å². The van der Waals surface area contributed by atoms with E-state index in [1.54, 1.807) is 0 Å². The van der Waals surface area contributed by atoms with Gasteiger partial charge in [0.1, 0.15) is 0 Å². The molecule has 0 aromatic carbocycles. The van der Waals surface area contributed by atoms with Gasteiger partial charge in [0.25, 0.3) is 0 Å². The van der Waals surface area contributed by atoms with Gasteiger partial charge in [-0.1, -0.05) is 0 Å². The van der Waals surface area contributed by atoms with Gasteiger partial charge in [-0.15, -0.1) is 0 Å². The van der Waals surface area contributed by atoms with Gasteiger partial charge in [0, 0.05) is 0 Å². The van der Waals surface area contributed by atoms with Crippen LogP contribution in [0, 0.1) is 0 Å². The van der Waals surface area contributed by atoms with Gasteiger partial charge in [0.15, 0.2) is 0 Å². The molecule has 0 N–H and O–H groups in total. The van der Waals surface area contributed by atoms with Gasteiger partial charge in [0.05, 0.1) is 0 Å². The van der Waals surface area contributed by atoms with E-state index >= 15 is 0 Å². The van der Waals surface area contributed by atoms with Crippen molar-refractivity contribution in [2.24, 2.45) is 0 Å². The molecule has 0 atom stereocenters. The van der Waals surface area contributed by atoms with Crippen LogP contribution in [0.4, 0.5) is 0 Å². The minimum absolute atomic E-state index is 5.05. The zero-order chi connectivity index (χ0) is 6.41. The van der Waals surface area contributed by atoms with Gasteiger partial charge < -0.3 is 0 Å². The van der Waals surface area contributed by atoms with Gasteiger partial charge in [-0.25, -0.2) is 0 Å². The molecule has 0 saturated carbocycles. The van der Waals surface area contributed by atoms with E-state index in [1.807, 2.05) is 0 Å². The molecule has 0 amide bonds. The molecule has 0 fully saturated rings. The van der Waals surface area contributed by atoms with Crippen LogP contribution in [0.1, 0.15) is 0 Å². The second-order valence-corrected chi connectivity index (χ2v) is 43.1. The monoisotopic (exact) mass is 307 g/mol. The summed E-state index contributed by atoms with van der Waals surface area (Å²) in [6.45, 7) is -5.28. The van der Waals surface area contributed by atoms with Crippen LogP contribution in [0.15, 0.2) is 0 Å². The predicted molar refractivity (Wildman–Crippen MR) is 35.1 cm³/mol. The second kappa shape index (κ2) is 1.51. The summed E-state index contributed by atoms with van der Waals surface area (Å²) in [6.07, 6.45) is 0. The molecule has 0 aliphatic carbocycles. The van der Waals surface area contributed by atoms with Crippen LogP contribution < -0.4 is 0 Å². The van der Waals surface area contributed by atoms with Crippen LogP contribution in [-0.2, 0) is 6.81 Å². The van der Waals surface area contributed by atoms with Crippen LogP contribution in [0.3, 0.4) is 0 Å². The number of rotatable bonds is 0. The molecular formula is Cl6Tc. The molecule has 0 spiro atoms. The standard InChI is InChI=1S/6ClH.Tc/h6*1H;/q;;;;;;+6/p-6. The Bertz CT molecular complexity index is 62.7. The summed E-state index contributed by atoms with van der Waals surface area (Å²) >= 11 is 0. The Morgan fingerprint density at radius 2 is 0.571 bits per heavy atom. The van der Waals surface area contributed by atoms with Crippen molar-refractivity contribution in [3.63, 3.8) is 0 Å². The molecular weight excluding hydrogens is 311 g/mol. The molecule has 0 aromatic heterocycles. The summed E-state index contributed by atoms with van der Waals surface area (Å²) < 4.78 is 0. The molecule has 0 bridgehead atoms. The first kappa shape index (κ1) is 9.39. The maximum atomic E-state index is 5.05. The van der Waals surface area contributed by atoms with Crippen molar-refractivity contribution < 1.29 is 6.81 Å². The van der Waals surface area contributed by atoms with Crippen molar-refractivity contribution in [2.75, 3.05) is 0 Å². The van der Waals surface area contributed by atoms with E-state index in [4.69, 9.17) is 57.5 Å². The zero-order valence-electron chi connectivity index (χ0n) is 2.65. The molecule has 0 heterocycles. The van der Waals surface area contributed by atoms with E-state index in [9.17, 15) is 0 Å². The van der Waals surface area contributed by atoms with Crippen molar-refractivity contribution in [1.82, 2.24) is 0 Å². The molecule has 0 saturated heterocycles. The average molecular weight is 311 g/mol. The molecule has 7 heteroatoms. The molecule has 0 radical (unpaired) electrons. The van der Waals surface area contributed by atoms with Gasteiger partial charge in [-0.3, -0.25) is 0 Å². The van der Waals surface area contributed by atoms with Gasteiger partial charge in [-0.05, 0) is 0 Å². The Balaban J connectivity index is 4.43. The fourth-order valence-electron chi connectivity index (χ4n) is 0. The van der Waals surface area contributed by atoms with Crippen molar-refractivity contribution in [2.45, 2.75) is 0 Å². The molecule has 0 unspecified atom stereocenters. The third-order valence-corrected chi connectivity index (χ3v) is 0. The van der Waals surface area contributed by atoms with E-state index in [0.29, 0.717) is 0 Å². The van der Waals surface area contributed by atoms with E-state index < -0.39 is 6.81 Å². The van der Waals surface area contributed by atoms with Crippen LogP contribution in [0.2, 0.25) is 0 Å². The number of hydrogen-bond acceptors (Lipinski definition) is 0. The van der Waals surface area contributed by atoms with E-state index in [1.165, 1.54) is 0 Å². The average Bonchev–Trinajstić information content (AvgIpc) is 0.592. The van der Waals surface area contributed by atoms with Crippen LogP contribution in [0.5, 0.6) is 0 Å². The number of hydrogen-bond donors (Lipinski definition) is 0. The molecule has 0 aromatic rings. The van der Waals surface area contributed by atoms with Crippen molar-refractivity contribution in [1.29, 1.82) is 0 Å². The molecule has 49 valence electrons. The first-order valence-electron chi connectivity index (χ1n) is 0.857. The Hall–Kier alpha value is 2.39. The minimum atomic E-state index is -5.28. The Morgan fingerprint density at radius 3 is 0.571 bits per heavy atom. The van der Waals surface area contributed by atoms with E-state index in [2.05, 4.69) is 0 Å². The topological polar surface area (TPSA) is 0 Å². The third-order valence-electron chi connectivity index (χ3n) is 0. The SMILES string of the molecule is [Cl][Tc]([Cl])([Cl])([Cl])([Cl])[Cl]. The first-order chi connectivity index (χ1) is 2.45. The summed E-state index contributed by atoms with van der Waals surface area (Å²) in [5.74, 6) is 0. The van der Waals surface area contributed by atoms with Crippen LogP contribution in [-0.4, -0.2) is 0 Å². The predicted octanol–water partition coefficient (Wildman–Crippen LogP) is 4.13. The molecule has 0 aliphatic rings. The Morgan fingerprint density at radius 1 is 0.571 bits per heavy atom. The van der Waals surface area contributed by atoms with Crippen LogP contribution >= 0.6 is 57.5 Å². The Labute approximate surface area is 63.5 Å². The summed E-state index contributed by atoms with van der Waals surface area (Å²) in [7, 11) is 30.3. The van der Waals surface area contributed by atoms with Crippen molar-refractivity contribution in [3.8, 4) is 0 Å². The summed E-state index contributed by atoms with van der Waals surface area (Å²) in [6, 6.07) is 0. The van der Waals surface area contributed by atoms with Gasteiger partial charge >= 0.3 is 64.3 Å². The third kappa shape index (κ3) is 60.0. The molecule has 0 aliphatic heterocycles. The second-order valence-electron chi connectivity index (χ2n) is 0.810. The summed E-state index contributed by atoms with van der Waals surface area (Å²) in [4.78, 5) is 0. The number of halogens is 6. The van der Waals surface area contributed by atoms with Crippen molar-refractivity contribution in [3.05, 3.63) is 0 Å². The maximum absolute atomic E-state index is 5.28. The zero-order valence-corrected chi connectivity index (χ0v) is 9.04.